The van der Waals surface area contributed by atoms with Crippen molar-refractivity contribution in [1.82, 2.24) is 0 Å². The van der Waals surface area contributed by atoms with E-state index in [1.54, 1.807) is 0 Å². The van der Waals surface area contributed by atoms with Crippen molar-refractivity contribution in [2.24, 2.45) is 5.41 Å². The van der Waals surface area contributed by atoms with E-state index in [4.69, 9.17) is 0 Å². The maximum atomic E-state index is 9.98. The standard InChI is InChI=1S/C9H14O/c1-7-6-8(2)4-3-5-9(7,8)10/h10H,1,3-6H2,2H3/t8-,9-/m1/s1. The average Bonchev–Trinajstić information content (AvgIpc) is 2.07. The van der Waals surface area contributed by atoms with Crippen LogP contribution in [0.1, 0.15) is 32.6 Å². The van der Waals surface area contributed by atoms with Gasteiger partial charge in [0.15, 0.2) is 0 Å². The molecular formula is C9H14O. The lowest BCUT2D eigenvalue weighted by Crippen LogP contribution is -2.53. The Balaban J connectivity index is 2.35. The van der Waals surface area contributed by atoms with Crippen LogP contribution in [0, 0.1) is 5.41 Å². The van der Waals surface area contributed by atoms with Gasteiger partial charge in [-0.05, 0) is 31.3 Å². The summed E-state index contributed by atoms with van der Waals surface area (Å²) in [5, 5.41) is 9.98. The first-order valence-corrected chi connectivity index (χ1v) is 3.99. The summed E-state index contributed by atoms with van der Waals surface area (Å²) in [6.07, 6.45) is 4.35. The second-order valence-electron chi connectivity index (χ2n) is 4.05. The molecule has 2 rings (SSSR count). The lowest BCUT2D eigenvalue weighted by atomic mass is 9.57. The van der Waals surface area contributed by atoms with Crippen LogP contribution >= 0.6 is 0 Å². The Kier molecular flexibility index (Phi) is 0.946. The molecule has 56 valence electrons. The van der Waals surface area contributed by atoms with Crippen molar-refractivity contribution in [1.29, 1.82) is 0 Å². The summed E-state index contributed by atoms with van der Waals surface area (Å²) in [5.41, 5.74) is 0.796. The van der Waals surface area contributed by atoms with Gasteiger partial charge in [0, 0.05) is 5.41 Å². The minimum Gasteiger partial charge on any atom is -0.385 e. The van der Waals surface area contributed by atoms with E-state index in [2.05, 4.69) is 13.5 Å². The Morgan fingerprint density at radius 3 is 2.60 bits per heavy atom. The molecule has 0 aromatic carbocycles. The highest BCUT2D eigenvalue weighted by molar-refractivity contribution is 5.33. The topological polar surface area (TPSA) is 20.2 Å². The third-order valence-electron chi connectivity index (χ3n) is 3.45. The van der Waals surface area contributed by atoms with Crippen molar-refractivity contribution in [2.75, 3.05) is 0 Å². The molecule has 0 radical (unpaired) electrons. The molecule has 1 nitrogen and oxygen atoms in total. The molecule has 10 heavy (non-hydrogen) atoms. The molecule has 2 aliphatic rings. The highest BCUT2D eigenvalue weighted by atomic mass is 16.3. The van der Waals surface area contributed by atoms with Gasteiger partial charge in [-0.15, -0.1) is 0 Å². The molecule has 0 amide bonds. The molecule has 2 saturated carbocycles. The van der Waals surface area contributed by atoms with Gasteiger partial charge in [0.05, 0.1) is 5.60 Å². The average molecular weight is 138 g/mol. The van der Waals surface area contributed by atoms with Gasteiger partial charge in [-0.2, -0.15) is 0 Å². The smallest absolute Gasteiger partial charge is 0.0910 e. The van der Waals surface area contributed by atoms with Crippen molar-refractivity contribution in [3.05, 3.63) is 12.2 Å². The van der Waals surface area contributed by atoms with E-state index in [1.165, 1.54) is 12.8 Å². The van der Waals surface area contributed by atoms with E-state index < -0.39 is 5.60 Å². The summed E-state index contributed by atoms with van der Waals surface area (Å²) in [7, 11) is 0. The Bertz CT molecular complexity index is 197. The van der Waals surface area contributed by atoms with E-state index in [-0.39, 0.29) is 5.41 Å². The van der Waals surface area contributed by atoms with Gasteiger partial charge in [0.1, 0.15) is 0 Å². The van der Waals surface area contributed by atoms with E-state index >= 15 is 0 Å². The maximum absolute atomic E-state index is 9.98. The highest BCUT2D eigenvalue weighted by Gasteiger charge is 2.60. The summed E-state index contributed by atoms with van der Waals surface area (Å²) in [6.45, 7) is 6.05. The van der Waals surface area contributed by atoms with Crippen LogP contribution in [0.15, 0.2) is 12.2 Å². The Morgan fingerprint density at radius 1 is 1.50 bits per heavy atom. The molecule has 0 bridgehead atoms. The van der Waals surface area contributed by atoms with Crippen molar-refractivity contribution < 1.29 is 5.11 Å². The number of rotatable bonds is 0. The highest BCUT2D eigenvalue weighted by Crippen LogP contribution is 2.62. The predicted molar refractivity (Wildman–Crippen MR) is 40.7 cm³/mol. The third-order valence-corrected chi connectivity index (χ3v) is 3.45. The second-order valence-corrected chi connectivity index (χ2v) is 4.05. The van der Waals surface area contributed by atoms with Crippen LogP contribution in [0.2, 0.25) is 0 Å². The zero-order chi connectivity index (χ0) is 7.41. The number of fused-ring (bicyclic) bond motifs is 1. The molecule has 0 aromatic heterocycles. The van der Waals surface area contributed by atoms with Gasteiger partial charge in [-0.1, -0.05) is 13.5 Å². The first-order valence-electron chi connectivity index (χ1n) is 3.99. The lowest BCUT2D eigenvalue weighted by molar-refractivity contribution is -0.0746. The van der Waals surface area contributed by atoms with Gasteiger partial charge < -0.3 is 5.11 Å². The molecule has 2 aliphatic carbocycles. The van der Waals surface area contributed by atoms with E-state index in [0.717, 1.165) is 18.4 Å². The zero-order valence-corrected chi connectivity index (χ0v) is 6.48. The molecule has 2 atom stereocenters. The first-order chi connectivity index (χ1) is 4.58. The third kappa shape index (κ3) is 0.450. The van der Waals surface area contributed by atoms with Gasteiger partial charge in [-0.3, -0.25) is 0 Å². The fourth-order valence-corrected chi connectivity index (χ4v) is 2.59. The van der Waals surface area contributed by atoms with Crippen LogP contribution in [0.4, 0.5) is 0 Å². The Hall–Kier alpha value is -0.300. The monoisotopic (exact) mass is 138 g/mol. The fourth-order valence-electron chi connectivity index (χ4n) is 2.59. The number of aliphatic hydroxyl groups is 1. The van der Waals surface area contributed by atoms with Crippen LogP contribution in [-0.2, 0) is 0 Å². The molecule has 0 aliphatic heterocycles. The van der Waals surface area contributed by atoms with E-state index in [0.29, 0.717) is 0 Å². The minimum atomic E-state index is -0.465. The quantitative estimate of drug-likeness (QED) is 0.507. The molecule has 0 spiro atoms. The van der Waals surface area contributed by atoms with E-state index in [9.17, 15) is 5.11 Å². The molecule has 0 aromatic rings. The second kappa shape index (κ2) is 1.48. The molecule has 2 fully saturated rings. The van der Waals surface area contributed by atoms with Crippen LogP contribution in [0.25, 0.3) is 0 Å². The normalized spacial score (nSPS) is 52.4. The van der Waals surface area contributed by atoms with E-state index in [1.807, 2.05) is 0 Å². The van der Waals surface area contributed by atoms with Crippen LogP contribution in [0.5, 0.6) is 0 Å². The Labute approximate surface area is 61.8 Å². The summed E-state index contributed by atoms with van der Waals surface area (Å²) < 4.78 is 0. The maximum Gasteiger partial charge on any atom is 0.0910 e. The first kappa shape index (κ1) is 6.41. The van der Waals surface area contributed by atoms with Gasteiger partial charge >= 0.3 is 0 Å². The molecule has 0 saturated heterocycles. The summed E-state index contributed by atoms with van der Waals surface area (Å²) >= 11 is 0. The van der Waals surface area contributed by atoms with Crippen molar-refractivity contribution in [2.45, 2.75) is 38.2 Å². The van der Waals surface area contributed by atoms with Crippen molar-refractivity contribution >= 4 is 0 Å². The molecular weight excluding hydrogens is 124 g/mol. The van der Waals surface area contributed by atoms with Gasteiger partial charge in [-0.25, -0.2) is 0 Å². The molecule has 1 heteroatoms. The van der Waals surface area contributed by atoms with Crippen LogP contribution in [-0.4, -0.2) is 10.7 Å². The van der Waals surface area contributed by atoms with Crippen molar-refractivity contribution in [3.63, 3.8) is 0 Å². The molecule has 0 unspecified atom stereocenters. The number of hydrogen-bond donors (Lipinski definition) is 1. The summed E-state index contributed by atoms with van der Waals surface area (Å²) in [4.78, 5) is 0. The number of hydrogen-bond acceptors (Lipinski definition) is 1. The zero-order valence-electron chi connectivity index (χ0n) is 6.48. The van der Waals surface area contributed by atoms with Crippen LogP contribution < -0.4 is 0 Å². The minimum absolute atomic E-state index is 0.198. The summed E-state index contributed by atoms with van der Waals surface area (Å²) in [5.74, 6) is 0. The van der Waals surface area contributed by atoms with Gasteiger partial charge in [0.2, 0.25) is 0 Å². The molecule has 1 N–H and O–H groups in total. The van der Waals surface area contributed by atoms with Crippen LogP contribution in [0.3, 0.4) is 0 Å². The largest absolute Gasteiger partial charge is 0.385 e. The van der Waals surface area contributed by atoms with Gasteiger partial charge in [0.25, 0.3) is 0 Å². The predicted octanol–water partition coefficient (Wildman–Crippen LogP) is 1.87. The fraction of sp³-hybridized carbons (Fsp3) is 0.778. The Morgan fingerprint density at radius 2 is 2.20 bits per heavy atom. The summed E-state index contributed by atoms with van der Waals surface area (Å²) in [6, 6.07) is 0. The molecule has 0 heterocycles. The van der Waals surface area contributed by atoms with Crippen molar-refractivity contribution in [3.8, 4) is 0 Å². The lowest BCUT2D eigenvalue weighted by Gasteiger charge is -2.52. The SMILES string of the molecule is C=C1C[C@@]2(C)CCC[C@@]12O.